The average molecular weight is 536 g/mol. The molecule has 1 aliphatic rings. The van der Waals surface area contributed by atoms with Crippen LogP contribution in [-0.2, 0) is 30.3 Å². The van der Waals surface area contributed by atoms with Crippen molar-refractivity contribution in [2.24, 2.45) is 15.9 Å². The van der Waals surface area contributed by atoms with E-state index < -0.39 is 0 Å². The number of hydrogen-bond donors (Lipinski definition) is 2. The van der Waals surface area contributed by atoms with Crippen LogP contribution in [-0.4, -0.2) is 101 Å². The van der Waals surface area contributed by atoms with Crippen LogP contribution < -0.4 is 10.1 Å². The van der Waals surface area contributed by atoms with E-state index in [1.54, 1.807) is 7.11 Å². The Hall–Kier alpha value is -2.46. The molecule has 0 radical (unpaired) electrons. The fourth-order valence-corrected chi connectivity index (χ4v) is 4.28. The summed E-state index contributed by atoms with van der Waals surface area (Å²) in [6.07, 6.45) is 6.52. The standard InChI is InChI=1S/C26H37N3O7S/c1-3-10-33-11-12-34-13-14-35-15-16-36-26-28-18-22(8-9-30)25(29-26)37-24(20-31)19-27-17-21-4-6-23(32-2)7-5-21/h1,4-7,20,22,24,27,30H,8-19H2,2H3. The van der Waals surface area contributed by atoms with Crippen LogP contribution in [0.1, 0.15) is 12.0 Å². The number of nitrogens with zero attached hydrogens (tertiary/aromatic N) is 2. The second-order valence-electron chi connectivity index (χ2n) is 7.88. The second-order valence-corrected chi connectivity index (χ2v) is 9.14. The summed E-state index contributed by atoms with van der Waals surface area (Å²) in [6, 6.07) is 8.02. The Kier molecular flexibility index (Phi) is 16.3. The Balaban J connectivity index is 1.72. The van der Waals surface area contributed by atoms with Gasteiger partial charge >= 0.3 is 6.02 Å². The van der Waals surface area contributed by atoms with Gasteiger partial charge in [0.2, 0.25) is 0 Å². The summed E-state index contributed by atoms with van der Waals surface area (Å²) in [6.45, 7) is 4.28. The van der Waals surface area contributed by atoms with Gasteiger partial charge in [-0.25, -0.2) is 4.99 Å². The van der Waals surface area contributed by atoms with Gasteiger partial charge < -0.3 is 38.9 Å². The van der Waals surface area contributed by atoms with Crippen molar-refractivity contribution in [2.75, 3.05) is 73.1 Å². The molecule has 10 nitrogen and oxygen atoms in total. The number of amidine groups is 1. The number of methoxy groups -OCH3 is 1. The Bertz CT molecular complexity index is 874. The Labute approximate surface area is 223 Å². The number of aldehydes is 1. The molecule has 2 rings (SSSR count). The minimum Gasteiger partial charge on any atom is -0.497 e. The van der Waals surface area contributed by atoms with Gasteiger partial charge in [-0.2, -0.15) is 4.99 Å². The van der Waals surface area contributed by atoms with Crippen LogP contribution in [0.15, 0.2) is 34.3 Å². The zero-order valence-electron chi connectivity index (χ0n) is 21.3. The highest BCUT2D eigenvalue weighted by Gasteiger charge is 2.25. The van der Waals surface area contributed by atoms with Gasteiger partial charge in [0.25, 0.3) is 0 Å². The van der Waals surface area contributed by atoms with Crippen LogP contribution in [0.2, 0.25) is 0 Å². The third kappa shape index (κ3) is 13.1. The molecule has 37 heavy (non-hydrogen) atoms. The first-order chi connectivity index (χ1) is 18.2. The minimum atomic E-state index is -0.335. The van der Waals surface area contributed by atoms with Gasteiger partial charge in [-0.1, -0.05) is 29.8 Å². The molecular weight excluding hydrogens is 498 g/mol. The van der Waals surface area contributed by atoms with Crippen molar-refractivity contribution in [1.29, 1.82) is 0 Å². The summed E-state index contributed by atoms with van der Waals surface area (Å²) in [4.78, 5) is 20.6. The van der Waals surface area contributed by atoms with Gasteiger partial charge in [-0.3, -0.25) is 0 Å². The second kappa shape index (κ2) is 19.6. The number of nitrogens with one attached hydrogen (secondary N) is 1. The number of terminal acetylenes is 1. The fraction of sp³-hybridized carbons (Fsp3) is 0.577. The Morgan fingerprint density at radius 1 is 1.16 bits per heavy atom. The molecule has 0 fully saturated rings. The predicted molar refractivity (Wildman–Crippen MR) is 144 cm³/mol. The van der Waals surface area contributed by atoms with E-state index in [1.807, 2.05) is 24.3 Å². The zero-order valence-corrected chi connectivity index (χ0v) is 22.1. The quantitative estimate of drug-likeness (QED) is 0.154. The first-order valence-corrected chi connectivity index (χ1v) is 13.1. The van der Waals surface area contributed by atoms with Crippen LogP contribution in [0.5, 0.6) is 5.75 Å². The lowest BCUT2D eigenvalue weighted by atomic mass is 10.1. The molecule has 0 saturated heterocycles. The molecule has 0 bridgehead atoms. The van der Waals surface area contributed by atoms with Crippen LogP contribution in [0.25, 0.3) is 0 Å². The molecule has 1 aromatic carbocycles. The van der Waals surface area contributed by atoms with Crippen molar-refractivity contribution >= 4 is 29.1 Å². The van der Waals surface area contributed by atoms with E-state index in [0.717, 1.165) is 22.6 Å². The number of aliphatic hydroxyl groups excluding tert-OH is 1. The summed E-state index contributed by atoms with van der Waals surface area (Å²) in [5.74, 6) is 3.14. The van der Waals surface area contributed by atoms with E-state index in [2.05, 4.69) is 21.2 Å². The number of ether oxygens (including phenoxy) is 5. The smallest absolute Gasteiger partial charge is 0.312 e. The number of benzene rings is 1. The van der Waals surface area contributed by atoms with Gasteiger partial charge in [0.1, 0.15) is 25.2 Å². The van der Waals surface area contributed by atoms with Gasteiger partial charge in [-0.05, 0) is 24.1 Å². The first-order valence-electron chi connectivity index (χ1n) is 12.2. The largest absolute Gasteiger partial charge is 0.497 e. The Morgan fingerprint density at radius 2 is 1.86 bits per heavy atom. The molecule has 0 saturated carbocycles. The van der Waals surface area contributed by atoms with E-state index in [9.17, 15) is 9.90 Å². The van der Waals surface area contributed by atoms with Gasteiger partial charge in [0.15, 0.2) is 0 Å². The van der Waals surface area contributed by atoms with E-state index in [-0.39, 0.29) is 37.0 Å². The molecule has 11 heteroatoms. The summed E-state index contributed by atoms with van der Waals surface area (Å²) < 4.78 is 26.8. The highest BCUT2D eigenvalue weighted by molar-refractivity contribution is 8.15. The molecular formula is C26H37N3O7S. The number of aliphatic imine (C=N–C) groups is 2. The number of rotatable bonds is 19. The molecule has 0 aliphatic carbocycles. The molecule has 1 heterocycles. The molecule has 1 aliphatic heterocycles. The lowest BCUT2D eigenvalue weighted by molar-refractivity contribution is -0.107. The Morgan fingerprint density at radius 3 is 2.51 bits per heavy atom. The zero-order chi connectivity index (χ0) is 26.6. The van der Waals surface area contributed by atoms with Crippen molar-refractivity contribution in [1.82, 2.24) is 5.32 Å². The summed E-state index contributed by atoms with van der Waals surface area (Å²) in [5.41, 5.74) is 1.09. The number of carbonyl (C=O) groups excluding carboxylic acids is 1. The molecule has 1 aromatic rings. The summed E-state index contributed by atoms with van der Waals surface area (Å²) >= 11 is 1.38. The maximum absolute atomic E-state index is 11.8. The lowest BCUT2D eigenvalue weighted by Gasteiger charge is -2.23. The summed E-state index contributed by atoms with van der Waals surface area (Å²) in [5, 5.41) is 13.2. The van der Waals surface area contributed by atoms with E-state index in [1.165, 1.54) is 11.8 Å². The highest BCUT2D eigenvalue weighted by Crippen LogP contribution is 2.24. The predicted octanol–water partition coefficient (Wildman–Crippen LogP) is 1.55. The molecule has 204 valence electrons. The van der Waals surface area contributed by atoms with E-state index in [0.29, 0.717) is 59.1 Å². The maximum Gasteiger partial charge on any atom is 0.312 e. The third-order valence-corrected chi connectivity index (χ3v) is 6.37. The van der Waals surface area contributed by atoms with Gasteiger partial charge in [-0.15, -0.1) is 6.42 Å². The highest BCUT2D eigenvalue weighted by atomic mass is 32.2. The molecule has 2 atom stereocenters. The molecule has 2 unspecified atom stereocenters. The average Bonchev–Trinajstić information content (AvgIpc) is 2.92. The molecule has 0 aromatic heterocycles. The SMILES string of the molecule is C#CCOCCOCCOCCOC1=NCC(CCO)C(SC(C=O)CNCc2ccc(OC)cc2)=N1. The molecule has 0 amide bonds. The molecule has 2 N–H and O–H groups in total. The number of hydrogen-bond acceptors (Lipinski definition) is 11. The van der Waals surface area contributed by atoms with Crippen molar-refractivity contribution in [3.63, 3.8) is 0 Å². The number of thioether (sulfide) groups is 1. The van der Waals surface area contributed by atoms with Crippen LogP contribution in [0.4, 0.5) is 0 Å². The van der Waals surface area contributed by atoms with Crippen LogP contribution >= 0.6 is 11.8 Å². The van der Waals surface area contributed by atoms with Gasteiger partial charge in [0.05, 0.1) is 57.0 Å². The first kappa shape index (κ1) is 30.8. The van der Waals surface area contributed by atoms with Crippen molar-refractivity contribution in [3.05, 3.63) is 29.8 Å². The van der Waals surface area contributed by atoms with Crippen LogP contribution in [0.3, 0.4) is 0 Å². The fourth-order valence-electron chi connectivity index (χ4n) is 3.20. The topological polar surface area (TPSA) is 120 Å². The van der Waals surface area contributed by atoms with Crippen molar-refractivity contribution in [3.8, 4) is 18.1 Å². The normalized spacial score (nSPS) is 15.9. The third-order valence-electron chi connectivity index (χ3n) is 5.13. The van der Waals surface area contributed by atoms with E-state index >= 15 is 0 Å². The minimum absolute atomic E-state index is 0.0172. The molecule has 0 spiro atoms. The van der Waals surface area contributed by atoms with Crippen molar-refractivity contribution < 1.29 is 33.6 Å². The van der Waals surface area contributed by atoms with Crippen molar-refractivity contribution in [2.45, 2.75) is 18.2 Å². The van der Waals surface area contributed by atoms with E-state index in [4.69, 9.17) is 30.1 Å². The summed E-state index contributed by atoms with van der Waals surface area (Å²) in [7, 11) is 1.63. The number of carbonyl (C=O) groups is 1. The lowest BCUT2D eigenvalue weighted by Crippen LogP contribution is -2.30. The van der Waals surface area contributed by atoms with Crippen LogP contribution in [0, 0.1) is 18.3 Å². The monoisotopic (exact) mass is 535 g/mol. The maximum atomic E-state index is 11.8. The van der Waals surface area contributed by atoms with Gasteiger partial charge in [0, 0.05) is 25.6 Å². The number of aliphatic hydroxyl groups is 1.